The first-order valence-electron chi connectivity index (χ1n) is 7.35. The minimum Gasteiger partial charge on any atom is -0.486 e. The summed E-state index contributed by atoms with van der Waals surface area (Å²) in [6.07, 6.45) is -0.00647. The number of carbonyl (C=O) groups excluding carboxylic acids is 1. The van der Waals surface area contributed by atoms with Gasteiger partial charge in [0.15, 0.2) is 11.5 Å². The van der Waals surface area contributed by atoms with E-state index in [2.05, 4.69) is 26.6 Å². The molecule has 3 atom stereocenters. The fourth-order valence-corrected chi connectivity index (χ4v) is 3.39. The van der Waals surface area contributed by atoms with Crippen LogP contribution in [-0.2, 0) is 4.79 Å². The van der Waals surface area contributed by atoms with E-state index in [0.717, 1.165) is 10.0 Å². The predicted octanol–water partition coefficient (Wildman–Crippen LogP) is 1.12. The van der Waals surface area contributed by atoms with Crippen molar-refractivity contribution in [3.8, 4) is 11.5 Å². The van der Waals surface area contributed by atoms with Crippen molar-refractivity contribution in [2.75, 3.05) is 19.8 Å². The van der Waals surface area contributed by atoms with Crippen molar-refractivity contribution in [1.82, 2.24) is 10.6 Å². The molecular formula is C15H19BrN2O4. The van der Waals surface area contributed by atoms with E-state index in [4.69, 9.17) is 9.47 Å². The summed E-state index contributed by atoms with van der Waals surface area (Å²) in [4.78, 5) is 12.2. The van der Waals surface area contributed by atoms with Gasteiger partial charge in [0.25, 0.3) is 0 Å². The number of hydrogen-bond acceptors (Lipinski definition) is 5. The topological polar surface area (TPSA) is 79.8 Å². The van der Waals surface area contributed by atoms with Gasteiger partial charge < -0.3 is 25.2 Å². The Kier molecular flexibility index (Phi) is 4.56. The monoisotopic (exact) mass is 370 g/mol. The summed E-state index contributed by atoms with van der Waals surface area (Å²) in [6, 6.07) is 3.23. The van der Waals surface area contributed by atoms with Gasteiger partial charge in [-0.15, -0.1) is 0 Å². The zero-order valence-corrected chi connectivity index (χ0v) is 13.9. The van der Waals surface area contributed by atoms with Crippen LogP contribution in [0.4, 0.5) is 0 Å². The molecule has 2 aliphatic rings. The van der Waals surface area contributed by atoms with E-state index in [0.29, 0.717) is 37.7 Å². The molecule has 6 nitrogen and oxygen atoms in total. The third-order valence-corrected chi connectivity index (χ3v) is 4.60. The second kappa shape index (κ2) is 6.44. The quantitative estimate of drug-likeness (QED) is 0.742. The fraction of sp³-hybridized carbons (Fsp3) is 0.533. The summed E-state index contributed by atoms with van der Waals surface area (Å²) in [6.45, 7) is 3.44. The highest BCUT2D eigenvalue weighted by atomic mass is 79.9. The molecule has 3 N–H and O–H groups in total. The lowest BCUT2D eigenvalue weighted by atomic mass is 10.1. The van der Waals surface area contributed by atoms with Crippen LogP contribution >= 0.6 is 15.9 Å². The van der Waals surface area contributed by atoms with Crippen LogP contribution in [-0.4, -0.2) is 42.9 Å². The number of hydrogen-bond donors (Lipinski definition) is 3. The zero-order chi connectivity index (χ0) is 15.7. The second-order valence-electron chi connectivity index (χ2n) is 5.60. The fourth-order valence-electron chi connectivity index (χ4n) is 2.72. The third-order valence-electron chi connectivity index (χ3n) is 3.91. The Morgan fingerprint density at radius 1 is 1.41 bits per heavy atom. The van der Waals surface area contributed by atoms with Crippen molar-refractivity contribution >= 4 is 21.8 Å². The highest BCUT2D eigenvalue weighted by molar-refractivity contribution is 9.10. The van der Waals surface area contributed by atoms with Gasteiger partial charge in [0.2, 0.25) is 5.91 Å². The molecule has 1 saturated heterocycles. The maximum Gasteiger partial charge on any atom is 0.237 e. The molecule has 1 fully saturated rings. The van der Waals surface area contributed by atoms with E-state index < -0.39 is 6.10 Å². The molecule has 0 radical (unpaired) electrons. The number of nitrogens with one attached hydrogen (secondary N) is 2. The summed E-state index contributed by atoms with van der Waals surface area (Å²) < 4.78 is 12.0. The van der Waals surface area contributed by atoms with Crippen molar-refractivity contribution < 1.29 is 19.4 Å². The Labute approximate surface area is 137 Å². The highest BCUT2D eigenvalue weighted by Gasteiger charge is 2.29. The van der Waals surface area contributed by atoms with Crippen molar-refractivity contribution in [2.24, 2.45) is 0 Å². The summed E-state index contributed by atoms with van der Waals surface area (Å²) in [5.74, 6) is 1.30. The number of ether oxygens (including phenoxy) is 2. The predicted molar refractivity (Wildman–Crippen MR) is 84.1 cm³/mol. The lowest BCUT2D eigenvalue weighted by Crippen LogP contribution is -2.41. The normalized spacial score (nSPS) is 24.9. The molecule has 0 aromatic heterocycles. The van der Waals surface area contributed by atoms with Crippen LogP contribution in [0.15, 0.2) is 16.6 Å². The molecule has 7 heteroatoms. The minimum absolute atomic E-state index is 0.106. The number of benzene rings is 1. The van der Waals surface area contributed by atoms with Crippen molar-refractivity contribution in [1.29, 1.82) is 0 Å². The lowest BCUT2D eigenvalue weighted by molar-refractivity contribution is -0.123. The Morgan fingerprint density at radius 2 is 2.09 bits per heavy atom. The summed E-state index contributed by atoms with van der Waals surface area (Å²) in [5, 5.41) is 15.5. The average molecular weight is 371 g/mol. The number of carbonyl (C=O) groups is 1. The van der Waals surface area contributed by atoms with Crippen molar-refractivity contribution in [3.63, 3.8) is 0 Å². The number of β-amino-alcohol motifs (C(OH)–C–C–N with tert-alkyl or cyclic N) is 1. The van der Waals surface area contributed by atoms with Crippen molar-refractivity contribution in [2.45, 2.75) is 31.5 Å². The Morgan fingerprint density at radius 3 is 2.73 bits per heavy atom. The summed E-state index contributed by atoms with van der Waals surface area (Å²) >= 11 is 3.52. The van der Waals surface area contributed by atoms with Crippen LogP contribution in [0, 0.1) is 0 Å². The number of aliphatic hydroxyl groups excluding tert-OH is 1. The van der Waals surface area contributed by atoms with Crippen LogP contribution in [0.1, 0.15) is 24.9 Å². The standard InChI is InChI=1S/C15H19BrN2O4/c1-8(18-15(20)12-4-9(19)7-17-12)10-5-13-14(6-11(10)16)22-3-2-21-13/h5-6,8-9,12,17,19H,2-4,7H2,1H3,(H,18,20)/t8-,9-,12-/m0/s1. The first kappa shape index (κ1) is 15.6. The number of amides is 1. The van der Waals surface area contributed by atoms with Gasteiger partial charge in [0.1, 0.15) is 13.2 Å². The Balaban J connectivity index is 1.71. The van der Waals surface area contributed by atoms with Crippen LogP contribution < -0.4 is 20.1 Å². The van der Waals surface area contributed by atoms with Gasteiger partial charge in [-0.3, -0.25) is 4.79 Å². The van der Waals surface area contributed by atoms with Gasteiger partial charge in [0.05, 0.1) is 18.2 Å². The largest absolute Gasteiger partial charge is 0.486 e. The van der Waals surface area contributed by atoms with Crippen LogP contribution in [0.25, 0.3) is 0 Å². The smallest absolute Gasteiger partial charge is 0.237 e. The van der Waals surface area contributed by atoms with E-state index >= 15 is 0 Å². The molecule has 0 unspecified atom stereocenters. The lowest BCUT2D eigenvalue weighted by Gasteiger charge is -2.23. The van der Waals surface area contributed by atoms with Gasteiger partial charge in [-0.25, -0.2) is 0 Å². The molecular weight excluding hydrogens is 352 g/mol. The molecule has 1 aromatic carbocycles. The van der Waals surface area contributed by atoms with Crippen LogP contribution in [0.2, 0.25) is 0 Å². The van der Waals surface area contributed by atoms with Crippen LogP contribution in [0.5, 0.6) is 11.5 Å². The minimum atomic E-state index is -0.452. The van der Waals surface area contributed by atoms with E-state index in [-0.39, 0.29) is 18.0 Å². The first-order valence-corrected chi connectivity index (χ1v) is 8.14. The van der Waals surface area contributed by atoms with Gasteiger partial charge in [0, 0.05) is 11.0 Å². The van der Waals surface area contributed by atoms with Gasteiger partial charge in [-0.2, -0.15) is 0 Å². The SMILES string of the molecule is C[C@H](NC(=O)[C@@H]1C[C@H](O)CN1)c1cc2c(cc1Br)OCCO2. The average Bonchev–Trinajstić information content (AvgIpc) is 2.93. The maximum absolute atomic E-state index is 12.2. The van der Waals surface area contributed by atoms with Gasteiger partial charge in [-0.05, 0) is 31.0 Å². The van der Waals surface area contributed by atoms with E-state index in [1.54, 1.807) is 0 Å². The van der Waals surface area contributed by atoms with E-state index in [9.17, 15) is 9.90 Å². The van der Waals surface area contributed by atoms with Crippen LogP contribution in [0.3, 0.4) is 0 Å². The molecule has 2 heterocycles. The van der Waals surface area contributed by atoms with E-state index in [1.807, 2.05) is 19.1 Å². The molecule has 22 heavy (non-hydrogen) atoms. The molecule has 2 aliphatic heterocycles. The number of halogens is 1. The molecule has 0 spiro atoms. The number of rotatable bonds is 3. The van der Waals surface area contributed by atoms with E-state index in [1.165, 1.54) is 0 Å². The van der Waals surface area contributed by atoms with Gasteiger partial charge in [-0.1, -0.05) is 15.9 Å². The molecule has 3 rings (SSSR count). The maximum atomic E-state index is 12.2. The molecule has 0 bridgehead atoms. The molecule has 1 aromatic rings. The number of aliphatic hydroxyl groups is 1. The highest BCUT2D eigenvalue weighted by Crippen LogP contribution is 2.37. The number of fused-ring (bicyclic) bond motifs is 1. The zero-order valence-electron chi connectivity index (χ0n) is 12.3. The Hall–Kier alpha value is -1.31. The first-order chi connectivity index (χ1) is 10.5. The Bertz CT molecular complexity index is 581. The van der Waals surface area contributed by atoms with Gasteiger partial charge >= 0.3 is 0 Å². The molecule has 1 amide bonds. The summed E-state index contributed by atoms with van der Waals surface area (Å²) in [7, 11) is 0. The third kappa shape index (κ3) is 3.21. The summed E-state index contributed by atoms with van der Waals surface area (Å²) in [5.41, 5.74) is 0.927. The second-order valence-corrected chi connectivity index (χ2v) is 6.45. The molecule has 0 saturated carbocycles. The molecule has 120 valence electrons. The van der Waals surface area contributed by atoms with Crippen molar-refractivity contribution in [3.05, 3.63) is 22.2 Å². The molecule has 0 aliphatic carbocycles.